The molecular weight excluding hydrogens is 468 g/mol. The number of benzene rings is 2. The molecule has 0 aromatic heterocycles. The van der Waals surface area contributed by atoms with Crippen molar-refractivity contribution in [3.63, 3.8) is 0 Å². The SMILES string of the molecule is Cl.Cl.FC(F)(F)Oc1ccc([C@H](c2cccc(Br)c2)N2CCNCC2)cc1. The van der Waals surface area contributed by atoms with Gasteiger partial charge in [0.2, 0.25) is 0 Å². The van der Waals surface area contributed by atoms with Gasteiger partial charge in [-0.15, -0.1) is 38.0 Å². The largest absolute Gasteiger partial charge is 0.573 e. The maximum Gasteiger partial charge on any atom is 0.573 e. The van der Waals surface area contributed by atoms with Gasteiger partial charge >= 0.3 is 6.36 Å². The molecule has 0 radical (unpaired) electrons. The van der Waals surface area contributed by atoms with E-state index < -0.39 is 6.36 Å². The lowest BCUT2D eigenvalue weighted by atomic mass is 9.96. The molecule has 3 rings (SSSR count). The molecule has 1 aliphatic rings. The molecule has 0 saturated carbocycles. The first kappa shape index (κ1) is 24.0. The Balaban J connectivity index is 0.00000182. The Morgan fingerprint density at radius 2 is 1.59 bits per heavy atom. The van der Waals surface area contributed by atoms with Crippen LogP contribution in [0.15, 0.2) is 53.0 Å². The van der Waals surface area contributed by atoms with Gasteiger partial charge in [-0.1, -0.05) is 40.2 Å². The highest BCUT2D eigenvalue weighted by atomic mass is 79.9. The fraction of sp³-hybridized carbons (Fsp3) is 0.333. The van der Waals surface area contributed by atoms with E-state index in [0.717, 1.165) is 41.8 Å². The van der Waals surface area contributed by atoms with Crippen LogP contribution in [0.1, 0.15) is 17.2 Å². The van der Waals surface area contributed by atoms with Gasteiger partial charge < -0.3 is 10.1 Å². The highest BCUT2D eigenvalue weighted by Gasteiger charge is 2.31. The number of nitrogens with one attached hydrogen (secondary N) is 1. The molecular formula is C18H20BrCl2F3N2O. The minimum Gasteiger partial charge on any atom is -0.406 e. The van der Waals surface area contributed by atoms with E-state index in [4.69, 9.17) is 0 Å². The summed E-state index contributed by atoms with van der Waals surface area (Å²) in [6.07, 6.45) is -4.68. The van der Waals surface area contributed by atoms with Crippen molar-refractivity contribution in [1.82, 2.24) is 10.2 Å². The van der Waals surface area contributed by atoms with E-state index in [1.807, 2.05) is 24.3 Å². The number of alkyl halides is 3. The molecule has 0 spiro atoms. The Morgan fingerprint density at radius 1 is 0.963 bits per heavy atom. The number of piperazine rings is 1. The second kappa shape index (κ2) is 10.5. The Kier molecular flexibility index (Phi) is 9.38. The first-order valence-electron chi connectivity index (χ1n) is 7.98. The third kappa shape index (κ3) is 6.84. The molecule has 1 saturated heterocycles. The first-order chi connectivity index (χ1) is 11.9. The molecule has 27 heavy (non-hydrogen) atoms. The lowest BCUT2D eigenvalue weighted by Gasteiger charge is -2.35. The second-order valence-corrected chi connectivity index (χ2v) is 6.78. The molecule has 9 heteroatoms. The fourth-order valence-electron chi connectivity index (χ4n) is 3.08. The van der Waals surface area contributed by atoms with Crippen molar-refractivity contribution < 1.29 is 17.9 Å². The van der Waals surface area contributed by atoms with E-state index in [-0.39, 0.29) is 36.6 Å². The summed E-state index contributed by atoms with van der Waals surface area (Å²) < 4.78 is 42.0. The van der Waals surface area contributed by atoms with E-state index in [9.17, 15) is 13.2 Å². The highest BCUT2D eigenvalue weighted by molar-refractivity contribution is 9.10. The summed E-state index contributed by atoms with van der Waals surface area (Å²) in [5, 5.41) is 3.32. The lowest BCUT2D eigenvalue weighted by Crippen LogP contribution is -2.45. The summed E-state index contributed by atoms with van der Waals surface area (Å²) in [7, 11) is 0. The molecule has 1 atom stereocenters. The Labute approximate surface area is 177 Å². The maximum atomic E-state index is 12.4. The zero-order valence-electron chi connectivity index (χ0n) is 14.2. The Morgan fingerprint density at radius 3 is 2.15 bits per heavy atom. The highest BCUT2D eigenvalue weighted by Crippen LogP contribution is 2.32. The summed E-state index contributed by atoms with van der Waals surface area (Å²) >= 11 is 3.50. The van der Waals surface area contributed by atoms with E-state index in [1.165, 1.54) is 12.1 Å². The van der Waals surface area contributed by atoms with Crippen LogP contribution in [-0.2, 0) is 0 Å². The van der Waals surface area contributed by atoms with Gasteiger partial charge in [0.15, 0.2) is 0 Å². The Hall–Kier alpha value is -0.990. The molecule has 0 bridgehead atoms. The van der Waals surface area contributed by atoms with Gasteiger partial charge in [0.25, 0.3) is 0 Å². The minimum absolute atomic E-state index is 0. The Bertz CT molecular complexity index is 710. The normalized spacial score (nSPS) is 16.0. The van der Waals surface area contributed by atoms with Crippen LogP contribution in [0.2, 0.25) is 0 Å². The van der Waals surface area contributed by atoms with Crippen LogP contribution in [0.25, 0.3) is 0 Å². The topological polar surface area (TPSA) is 24.5 Å². The number of ether oxygens (including phenoxy) is 1. The van der Waals surface area contributed by atoms with E-state index in [1.54, 1.807) is 12.1 Å². The predicted molar refractivity (Wildman–Crippen MR) is 108 cm³/mol. The standard InChI is InChI=1S/C18H18BrF3N2O.2ClH/c19-15-3-1-2-14(12-15)17(24-10-8-23-9-11-24)13-4-6-16(7-5-13)25-18(20,21)22;;/h1-7,12,17,23H,8-11H2;2*1H/t17-;;/m1../s1. The maximum absolute atomic E-state index is 12.4. The zero-order valence-corrected chi connectivity index (χ0v) is 17.4. The molecule has 1 aliphatic heterocycles. The molecule has 2 aromatic carbocycles. The summed E-state index contributed by atoms with van der Waals surface area (Å²) in [5.74, 6) is -0.204. The van der Waals surface area contributed by atoms with Crippen LogP contribution in [0.3, 0.4) is 0 Å². The van der Waals surface area contributed by atoms with Crippen molar-refractivity contribution in [2.75, 3.05) is 26.2 Å². The van der Waals surface area contributed by atoms with Crippen molar-refractivity contribution in [3.05, 3.63) is 64.1 Å². The molecule has 0 unspecified atom stereocenters. The molecule has 0 amide bonds. The second-order valence-electron chi connectivity index (χ2n) is 5.86. The zero-order chi connectivity index (χ0) is 17.9. The van der Waals surface area contributed by atoms with Gasteiger partial charge in [-0.2, -0.15) is 0 Å². The van der Waals surface area contributed by atoms with Gasteiger partial charge in [-0.25, -0.2) is 0 Å². The third-order valence-electron chi connectivity index (χ3n) is 4.11. The van der Waals surface area contributed by atoms with E-state index in [2.05, 4.69) is 30.9 Å². The average molecular weight is 488 g/mol. The molecule has 1 fully saturated rings. The average Bonchev–Trinajstić information content (AvgIpc) is 2.56. The van der Waals surface area contributed by atoms with Gasteiger partial charge in [-0.3, -0.25) is 4.90 Å². The summed E-state index contributed by atoms with van der Waals surface area (Å²) in [4.78, 5) is 2.33. The van der Waals surface area contributed by atoms with Gasteiger partial charge in [0.1, 0.15) is 5.75 Å². The molecule has 1 heterocycles. The van der Waals surface area contributed by atoms with Crippen LogP contribution in [0.5, 0.6) is 5.75 Å². The number of rotatable bonds is 4. The van der Waals surface area contributed by atoms with Gasteiger partial charge in [-0.05, 0) is 35.4 Å². The van der Waals surface area contributed by atoms with E-state index in [0.29, 0.717) is 0 Å². The van der Waals surface area contributed by atoms with Gasteiger partial charge in [0.05, 0.1) is 6.04 Å². The van der Waals surface area contributed by atoms with Crippen molar-refractivity contribution in [1.29, 1.82) is 0 Å². The number of nitrogens with zero attached hydrogens (tertiary/aromatic N) is 1. The van der Waals surface area contributed by atoms with Crippen LogP contribution in [0.4, 0.5) is 13.2 Å². The van der Waals surface area contributed by atoms with Crippen LogP contribution >= 0.6 is 40.7 Å². The smallest absolute Gasteiger partial charge is 0.406 e. The van der Waals surface area contributed by atoms with Crippen LogP contribution < -0.4 is 10.1 Å². The molecule has 0 aliphatic carbocycles. The van der Waals surface area contributed by atoms with E-state index >= 15 is 0 Å². The van der Waals surface area contributed by atoms with Crippen molar-refractivity contribution in [2.24, 2.45) is 0 Å². The predicted octanol–water partition coefficient (Wildman–Crippen LogP) is 5.19. The number of hydrogen-bond donors (Lipinski definition) is 1. The van der Waals surface area contributed by atoms with Crippen molar-refractivity contribution in [3.8, 4) is 5.75 Å². The number of halogens is 6. The first-order valence-corrected chi connectivity index (χ1v) is 8.78. The third-order valence-corrected chi connectivity index (χ3v) is 4.60. The summed E-state index contributed by atoms with van der Waals surface area (Å²) in [6, 6.07) is 14.1. The molecule has 2 aromatic rings. The van der Waals surface area contributed by atoms with Crippen molar-refractivity contribution >= 4 is 40.7 Å². The number of hydrogen-bond acceptors (Lipinski definition) is 3. The summed E-state index contributed by atoms with van der Waals surface area (Å²) in [6.45, 7) is 3.52. The van der Waals surface area contributed by atoms with Crippen LogP contribution in [0, 0.1) is 0 Å². The monoisotopic (exact) mass is 486 g/mol. The minimum atomic E-state index is -4.68. The molecule has 150 valence electrons. The fourth-order valence-corrected chi connectivity index (χ4v) is 3.50. The lowest BCUT2D eigenvalue weighted by molar-refractivity contribution is -0.274. The quantitative estimate of drug-likeness (QED) is 0.642. The van der Waals surface area contributed by atoms with Crippen molar-refractivity contribution in [2.45, 2.75) is 12.4 Å². The molecule has 3 nitrogen and oxygen atoms in total. The summed E-state index contributed by atoms with van der Waals surface area (Å²) in [5.41, 5.74) is 2.04. The van der Waals surface area contributed by atoms with Gasteiger partial charge in [0, 0.05) is 30.7 Å². The molecule has 1 N–H and O–H groups in total. The van der Waals surface area contributed by atoms with Crippen LogP contribution in [-0.4, -0.2) is 37.4 Å².